The first kappa shape index (κ1) is 12.0. The van der Waals surface area contributed by atoms with Gasteiger partial charge < -0.3 is 18.9 Å². The number of hydrogen-bond donors (Lipinski definition) is 0. The molecule has 2 aliphatic rings. The Hall–Kier alpha value is -1.78. The van der Waals surface area contributed by atoms with Crippen LogP contribution in [0, 0.1) is 0 Å². The summed E-state index contributed by atoms with van der Waals surface area (Å²) in [6.45, 7) is 2.73. The average molecular weight is 272 g/mol. The van der Waals surface area contributed by atoms with Crippen molar-refractivity contribution >= 4 is 10.8 Å². The normalized spacial score (nSPS) is 23.6. The molecule has 0 radical (unpaired) electrons. The maximum atomic E-state index is 5.94. The van der Waals surface area contributed by atoms with Gasteiger partial charge in [0, 0.05) is 5.39 Å². The zero-order valence-electron chi connectivity index (χ0n) is 11.1. The van der Waals surface area contributed by atoms with E-state index in [2.05, 4.69) is 18.2 Å². The van der Waals surface area contributed by atoms with Crippen molar-refractivity contribution in [2.24, 2.45) is 0 Å². The molecular formula is C16H16O4. The Morgan fingerprint density at radius 2 is 1.60 bits per heavy atom. The Balaban J connectivity index is 1.64. The third kappa shape index (κ3) is 2.57. The molecule has 20 heavy (non-hydrogen) atoms. The van der Waals surface area contributed by atoms with Crippen molar-refractivity contribution in [3.05, 3.63) is 36.4 Å². The number of fused-ring (bicyclic) bond motifs is 1. The highest BCUT2D eigenvalue weighted by Gasteiger charge is 2.26. The number of benzene rings is 2. The number of rotatable bonds is 6. The van der Waals surface area contributed by atoms with E-state index in [1.807, 2.05) is 18.2 Å². The van der Waals surface area contributed by atoms with Gasteiger partial charge >= 0.3 is 0 Å². The molecule has 2 unspecified atom stereocenters. The van der Waals surface area contributed by atoms with Crippen molar-refractivity contribution in [1.29, 1.82) is 0 Å². The minimum atomic E-state index is 0.230. The summed E-state index contributed by atoms with van der Waals surface area (Å²) in [7, 11) is 0. The van der Waals surface area contributed by atoms with Gasteiger partial charge in [-0.15, -0.1) is 0 Å². The van der Waals surface area contributed by atoms with Crippen LogP contribution >= 0.6 is 0 Å². The van der Waals surface area contributed by atoms with E-state index in [-0.39, 0.29) is 12.2 Å². The Labute approximate surface area is 117 Å². The molecule has 0 N–H and O–H groups in total. The lowest BCUT2D eigenvalue weighted by atomic mass is 10.1. The van der Waals surface area contributed by atoms with Crippen molar-refractivity contribution in [2.45, 2.75) is 12.2 Å². The maximum Gasteiger partial charge on any atom is 0.169 e. The zero-order valence-corrected chi connectivity index (χ0v) is 11.1. The third-order valence-electron chi connectivity index (χ3n) is 3.49. The fourth-order valence-corrected chi connectivity index (χ4v) is 2.17. The van der Waals surface area contributed by atoms with Gasteiger partial charge in [0.05, 0.1) is 13.2 Å². The van der Waals surface area contributed by atoms with Crippen LogP contribution in [0.5, 0.6) is 11.5 Å². The molecule has 0 saturated carbocycles. The van der Waals surface area contributed by atoms with Crippen LogP contribution in [-0.2, 0) is 9.47 Å². The molecule has 2 atom stereocenters. The molecule has 2 aliphatic heterocycles. The van der Waals surface area contributed by atoms with E-state index in [0.717, 1.165) is 35.5 Å². The number of hydrogen-bond acceptors (Lipinski definition) is 4. The Kier molecular flexibility index (Phi) is 2.98. The molecular weight excluding hydrogens is 256 g/mol. The predicted octanol–water partition coefficient (Wildman–Crippen LogP) is 2.40. The minimum absolute atomic E-state index is 0.230. The highest BCUT2D eigenvalue weighted by Crippen LogP contribution is 2.36. The molecule has 0 aliphatic carbocycles. The van der Waals surface area contributed by atoms with Gasteiger partial charge in [-0.25, -0.2) is 0 Å². The van der Waals surface area contributed by atoms with Gasteiger partial charge in [0.25, 0.3) is 0 Å². The van der Waals surface area contributed by atoms with Crippen LogP contribution in [0.1, 0.15) is 0 Å². The van der Waals surface area contributed by atoms with Gasteiger partial charge in [0.2, 0.25) is 0 Å². The van der Waals surface area contributed by atoms with E-state index >= 15 is 0 Å². The standard InChI is InChI=1S/C16H16O4/c1-2-4-14-11(3-1)5-6-15(19-9-12-7-17-12)16(14)20-10-13-8-18-13/h1-6,12-13H,7-10H2. The first-order chi connectivity index (χ1) is 9.90. The molecule has 0 amide bonds. The van der Waals surface area contributed by atoms with E-state index in [1.54, 1.807) is 0 Å². The summed E-state index contributed by atoms with van der Waals surface area (Å²) in [6, 6.07) is 12.2. The summed E-state index contributed by atoms with van der Waals surface area (Å²) >= 11 is 0. The second kappa shape index (κ2) is 4.96. The highest BCUT2D eigenvalue weighted by molar-refractivity contribution is 5.90. The SMILES string of the molecule is c1ccc2c(OCC3CO3)c(OCC3CO3)ccc2c1. The summed E-state index contributed by atoms with van der Waals surface area (Å²) in [5, 5.41) is 2.22. The highest BCUT2D eigenvalue weighted by atomic mass is 16.6. The molecule has 0 aromatic heterocycles. The molecule has 2 saturated heterocycles. The minimum Gasteiger partial charge on any atom is -0.487 e. The molecule has 2 fully saturated rings. The lowest BCUT2D eigenvalue weighted by Crippen LogP contribution is -2.09. The lowest BCUT2D eigenvalue weighted by Gasteiger charge is -2.14. The fraction of sp³-hybridized carbons (Fsp3) is 0.375. The predicted molar refractivity (Wildman–Crippen MR) is 74.4 cm³/mol. The van der Waals surface area contributed by atoms with Crippen molar-refractivity contribution in [2.75, 3.05) is 26.4 Å². The Morgan fingerprint density at radius 1 is 0.900 bits per heavy atom. The molecule has 4 heteroatoms. The smallest absolute Gasteiger partial charge is 0.169 e. The largest absolute Gasteiger partial charge is 0.487 e. The van der Waals surface area contributed by atoms with Crippen LogP contribution in [0.25, 0.3) is 10.8 Å². The molecule has 2 aromatic rings. The quantitative estimate of drug-likeness (QED) is 0.757. The summed E-state index contributed by atoms with van der Waals surface area (Å²) in [4.78, 5) is 0. The van der Waals surface area contributed by atoms with Crippen LogP contribution in [0.15, 0.2) is 36.4 Å². The second-order valence-electron chi connectivity index (χ2n) is 5.15. The van der Waals surface area contributed by atoms with Gasteiger partial charge in [-0.3, -0.25) is 0 Å². The first-order valence-corrected chi connectivity index (χ1v) is 6.91. The maximum absolute atomic E-state index is 5.94. The summed E-state index contributed by atoms with van der Waals surface area (Å²) in [5.41, 5.74) is 0. The fourth-order valence-electron chi connectivity index (χ4n) is 2.17. The molecule has 0 spiro atoms. The summed E-state index contributed by atoms with van der Waals surface area (Å²) in [6.07, 6.45) is 0.467. The second-order valence-corrected chi connectivity index (χ2v) is 5.15. The molecule has 2 heterocycles. The van der Waals surface area contributed by atoms with Gasteiger partial charge in [-0.2, -0.15) is 0 Å². The van der Waals surface area contributed by atoms with E-state index in [1.165, 1.54) is 0 Å². The van der Waals surface area contributed by atoms with Gasteiger partial charge in [0.1, 0.15) is 25.4 Å². The van der Waals surface area contributed by atoms with E-state index in [9.17, 15) is 0 Å². The van der Waals surface area contributed by atoms with Crippen LogP contribution < -0.4 is 9.47 Å². The van der Waals surface area contributed by atoms with Gasteiger partial charge in [0.15, 0.2) is 11.5 Å². The zero-order chi connectivity index (χ0) is 13.4. The van der Waals surface area contributed by atoms with Gasteiger partial charge in [-0.05, 0) is 11.5 Å². The van der Waals surface area contributed by atoms with Crippen LogP contribution in [-0.4, -0.2) is 38.6 Å². The monoisotopic (exact) mass is 272 g/mol. The number of ether oxygens (including phenoxy) is 4. The van der Waals surface area contributed by atoms with Crippen molar-refractivity contribution in [3.8, 4) is 11.5 Å². The summed E-state index contributed by atoms with van der Waals surface area (Å²) < 4.78 is 22.2. The van der Waals surface area contributed by atoms with Crippen molar-refractivity contribution < 1.29 is 18.9 Å². The topological polar surface area (TPSA) is 43.5 Å². The van der Waals surface area contributed by atoms with Crippen LogP contribution in [0.4, 0.5) is 0 Å². The summed E-state index contributed by atoms with van der Waals surface area (Å²) in [5.74, 6) is 1.58. The average Bonchev–Trinajstić information content (AvgIpc) is 3.37. The third-order valence-corrected chi connectivity index (χ3v) is 3.49. The Morgan fingerprint density at radius 3 is 2.35 bits per heavy atom. The molecule has 2 aromatic carbocycles. The Bertz CT molecular complexity index is 617. The molecule has 0 bridgehead atoms. The van der Waals surface area contributed by atoms with Crippen LogP contribution in [0.2, 0.25) is 0 Å². The van der Waals surface area contributed by atoms with E-state index in [0.29, 0.717) is 13.2 Å². The molecule has 4 rings (SSSR count). The first-order valence-electron chi connectivity index (χ1n) is 6.91. The molecule has 104 valence electrons. The van der Waals surface area contributed by atoms with Crippen LogP contribution in [0.3, 0.4) is 0 Å². The van der Waals surface area contributed by atoms with Crippen molar-refractivity contribution in [3.63, 3.8) is 0 Å². The van der Waals surface area contributed by atoms with E-state index < -0.39 is 0 Å². The lowest BCUT2D eigenvalue weighted by molar-refractivity contribution is 0.230. The molecule has 4 nitrogen and oxygen atoms in total. The number of epoxide rings is 2. The van der Waals surface area contributed by atoms with Crippen molar-refractivity contribution in [1.82, 2.24) is 0 Å². The van der Waals surface area contributed by atoms with E-state index in [4.69, 9.17) is 18.9 Å². The van der Waals surface area contributed by atoms with Gasteiger partial charge in [-0.1, -0.05) is 30.3 Å².